The Balaban J connectivity index is 2.22. The Morgan fingerprint density at radius 1 is 1.44 bits per heavy atom. The second-order valence-electron chi connectivity index (χ2n) is 5.45. The zero-order chi connectivity index (χ0) is 13.2. The number of aromatic nitrogens is 2. The van der Waals surface area contributed by atoms with E-state index in [9.17, 15) is 4.79 Å². The molecule has 18 heavy (non-hydrogen) atoms. The van der Waals surface area contributed by atoms with Gasteiger partial charge in [-0.05, 0) is 33.4 Å². The summed E-state index contributed by atoms with van der Waals surface area (Å²) in [6, 6.07) is 0. The standard InChI is InChI=1S/C14H23N3O/c1-4-9-17-11-12(10-15-17)13(18)14(16(2)3)7-5-6-8-14/h10-11H,4-9H2,1-3H3. The van der Waals surface area contributed by atoms with Crippen molar-refractivity contribution >= 4 is 5.78 Å². The number of hydrogen-bond donors (Lipinski definition) is 0. The first kappa shape index (κ1) is 13.3. The van der Waals surface area contributed by atoms with E-state index in [1.165, 1.54) is 0 Å². The molecule has 4 nitrogen and oxygen atoms in total. The van der Waals surface area contributed by atoms with Crippen LogP contribution in [0, 0.1) is 0 Å². The zero-order valence-corrected chi connectivity index (χ0v) is 11.6. The third-order valence-corrected chi connectivity index (χ3v) is 4.06. The molecule has 1 heterocycles. The highest BCUT2D eigenvalue weighted by atomic mass is 16.1. The normalized spacial score (nSPS) is 18.4. The molecule has 0 amide bonds. The number of nitrogens with zero attached hydrogens (tertiary/aromatic N) is 3. The van der Waals surface area contributed by atoms with Crippen LogP contribution < -0.4 is 0 Å². The molecule has 0 atom stereocenters. The Morgan fingerprint density at radius 3 is 2.67 bits per heavy atom. The third kappa shape index (κ3) is 2.21. The van der Waals surface area contributed by atoms with Crippen LogP contribution in [0.1, 0.15) is 49.4 Å². The van der Waals surface area contributed by atoms with E-state index in [1.54, 1.807) is 6.20 Å². The molecule has 0 unspecified atom stereocenters. The summed E-state index contributed by atoms with van der Waals surface area (Å²) in [5.41, 5.74) is 0.471. The molecular weight excluding hydrogens is 226 g/mol. The maximum Gasteiger partial charge on any atom is 0.186 e. The van der Waals surface area contributed by atoms with Crippen molar-refractivity contribution < 1.29 is 4.79 Å². The summed E-state index contributed by atoms with van der Waals surface area (Å²) < 4.78 is 1.87. The molecule has 4 heteroatoms. The Morgan fingerprint density at radius 2 is 2.11 bits per heavy atom. The number of aryl methyl sites for hydroxylation is 1. The van der Waals surface area contributed by atoms with Crippen molar-refractivity contribution in [1.82, 2.24) is 14.7 Å². The quantitative estimate of drug-likeness (QED) is 0.752. The predicted octanol–water partition coefficient (Wildman–Crippen LogP) is 2.35. The minimum Gasteiger partial charge on any atom is -0.297 e. The first-order valence-corrected chi connectivity index (χ1v) is 6.85. The fraction of sp³-hybridized carbons (Fsp3) is 0.714. The summed E-state index contributed by atoms with van der Waals surface area (Å²) in [7, 11) is 4.03. The number of ketones is 1. The lowest BCUT2D eigenvalue weighted by Crippen LogP contribution is -2.48. The summed E-state index contributed by atoms with van der Waals surface area (Å²) >= 11 is 0. The van der Waals surface area contributed by atoms with E-state index in [0.717, 1.165) is 44.2 Å². The molecule has 1 aromatic heterocycles. The number of Topliss-reactive ketones (excluding diaryl/α,β-unsaturated/α-hetero) is 1. The van der Waals surface area contributed by atoms with Crippen molar-refractivity contribution in [1.29, 1.82) is 0 Å². The van der Waals surface area contributed by atoms with Crippen molar-refractivity contribution in [2.75, 3.05) is 14.1 Å². The number of likely N-dealkylation sites (N-methyl/N-ethyl adjacent to an activating group) is 1. The van der Waals surface area contributed by atoms with Crippen LogP contribution in [0.3, 0.4) is 0 Å². The van der Waals surface area contributed by atoms with E-state index in [2.05, 4.69) is 16.9 Å². The molecule has 100 valence electrons. The molecule has 0 bridgehead atoms. The fourth-order valence-electron chi connectivity index (χ4n) is 2.94. The second-order valence-corrected chi connectivity index (χ2v) is 5.45. The molecule has 0 aliphatic heterocycles. The van der Waals surface area contributed by atoms with Crippen LogP contribution >= 0.6 is 0 Å². The van der Waals surface area contributed by atoms with Gasteiger partial charge in [-0.1, -0.05) is 19.8 Å². The van der Waals surface area contributed by atoms with Crippen LogP contribution in [-0.2, 0) is 6.54 Å². The van der Waals surface area contributed by atoms with Gasteiger partial charge in [-0.2, -0.15) is 5.10 Å². The largest absolute Gasteiger partial charge is 0.297 e. The number of rotatable bonds is 5. The van der Waals surface area contributed by atoms with Crippen LogP contribution in [0.25, 0.3) is 0 Å². The molecule has 1 fully saturated rings. The highest BCUT2D eigenvalue weighted by Crippen LogP contribution is 2.36. The summed E-state index contributed by atoms with van der Waals surface area (Å²) in [5, 5.41) is 4.27. The molecule has 1 aliphatic carbocycles. The first-order chi connectivity index (χ1) is 8.60. The summed E-state index contributed by atoms with van der Waals surface area (Å²) in [6.07, 6.45) is 8.89. The molecule has 1 aliphatic rings. The lowest BCUT2D eigenvalue weighted by molar-refractivity contribution is 0.0693. The van der Waals surface area contributed by atoms with Gasteiger partial charge in [-0.15, -0.1) is 0 Å². The highest BCUT2D eigenvalue weighted by Gasteiger charge is 2.43. The molecular formula is C14H23N3O. The lowest BCUT2D eigenvalue weighted by Gasteiger charge is -2.34. The maximum atomic E-state index is 12.7. The van der Waals surface area contributed by atoms with Gasteiger partial charge in [0, 0.05) is 12.7 Å². The number of carbonyl (C=O) groups excluding carboxylic acids is 1. The monoisotopic (exact) mass is 249 g/mol. The van der Waals surface area contributed by atoms with Crippen LogP contribution in [0.5, 0.6) is 0 Å². The van der Waals surface area contributed by atoms with E-state index in [-0.39, 0.29) is 11.3 Å². The van der Waals surface area contributed by atoms with Gasteiger partial charge in [0.1, 0.15) is 0 Å². The SMILES string of the molecule is CCCn1cc(C(=O)C2(N(C)C)CCCC2)cn1. The van der Waals surface area contributed by atoms with Gasteiger partial charge >= 0.3 is 0 Å². The highest BCUT2D eigenvalue weighted by molar-refractivity contribution is 6.03. The van der Waals surface area contributed by atoms with E-state index in [1.807, 2.05) is 25.0 Å². The zero-order valence-electron chi connectivity index (χ0n) is 11.6. The van der Waals surface area contributed by atoms with E-state index in [4.69, 9.17) is 0 Å². The molecule has 1 saturated carbocycles. The average molecular weight is 249 g/mol. The Labute approximate surface area is 109 Å². The molecule has 0 radical (unpaired) electrons. The summed E-state index contributed by atoms with van der Waals surface area (Å²) in [4.78, 5) is 14.8. The molecule has 0 saturated heterocycles. The summed E-state index contributed by atoms with van der Waals surface area (Å²) in [6.45, 7) is 2.99. The van der Waals surface area contributed by atoms with Crippen LogP contribution in [0.4, 0.5) is 0 Å². The number of carbonyl (C=O) groups is 1. The Hall–Kier alpha value is -1.16. The van der Waals surface area contributed by atoms with Gasteiger partial charge < -0.3 is 0 Å². The van der Waals surface area contributed by atoms with Gasteiger partial charge in [0.2, 0.25) is 0 Å². The number of hydrogen-bond acceptors (Lipinski definition) is 3. The minimum atomic E-state index is -0.292. The van der Waals surface area contributed by atoms with Crippen LogP contribution in [-0.4, -0.2) is 40.1 Å². The third-order valence-electron chi connectivity index (χ3n) is 4.06. The Bertz CT molecular complexity index is 416. The minimum absolute atomic E-state index is 0.243. The average Bonchev–Trinajstić information content (AvgIpc) is 2.97. The fourth-order valence-corrected chi connectivity index (χ4v) is 2.94. The topological polar surface area (TPSA) is 38.1 Å². The Kier molecular flexibility index (Phi) is 3.85. The molecule has 1 aromatic rings. The summed E-state index contributed by atoms with van der Waals surface area (Å²) in [5.74, 6) is 0.243. The first-order valence-electron chi connectivity index (χ1n) is 6.85. The molecule has 2 rings (SSSR count). The van der Waals surface area contributed by atoms with Gasteiger partial charge in [0.25, 0.3) is 0 Å². The molecule has 0 N–H and O–H groups in total. The van der Waals surface area contributed by atoms with Gasteiger partial charge in [-0.25, -0.2) is 0 Å². The predicted molar refractivity (Wildman–Crippen MR) is 71.7 cm³/mol. The smallest absolute Gasteiger partial charge is 0.186 e. The van der Waals surface area contributed by atoms with E-state index >= 15 is 0 Å². The maximum absolute atomic E-state index is 12.7. The van der Waals surface area contributed by atoms with Gasteiger partial charge in [0.05, 0.1) is 17.3 Å². The van der Waals surface area contributed by atoms with Gasteiger partial charge in [0.15, 0.2) is 5.78 Å². The molecule has 0 aromatic carbocycles. The second kappa shape index (κ2) is 5.22. The molecule has 0 spiro atoms. The van der Waals surface area contributed by atoms with Crippen LogP contribution in [0.15, 0.2) is 12.4 Å². The van der Waals surface area contributed by atoms with Crippen LogP contribution in [0.2, 0.25) is 0 Å². The van der Waals surface area contributed by atoms with Crippen molar-refractivity contribution in [3.63, 3.8) is 0 Å². The lowest BCUT2D eigenvalue weighted by atomic mass is 9.87. The van der Waals surface area contributed by atoms with Crippen molar-refractivity contribution in [3.8, 4) is 0 Å². The van der Waals surface area contributed by atoms with Crippen molar-refractivity contribution in [3.05, 3.63) is 18.0 Å². The van der Waals surface area contributed by atoms with Crippen molar-refractivity contribution in [2.45, 2.75) is 51.1 Å². The van der Waals surface area contributed by atoms with E-state index in [0.29, 0.717) is 0 Å². The van der Waals surface area contributed by atoms with E-state index < -0.39 is 0 Å². The van der Waals surface area contributed by atoms with Gasteiger partial charge in [-0.3, -0.25) is 14.4 Å². The van der Waals surface area contributed by atoms with Crippen molar-refractivity contribution in [2.24, 2.45) is 0 Å².